The van der Waals surface area contributed by atoms with Crippen LogP contribution in [0.4, 0.5) is 4.79 Å². The number of carbonyl (C=O) groups is 2. The lowest BCUT2D eigenvalue weighted by Crippen LogP contribution is -2.34. The van der Waals surface area contributed by atoms with E-state index in [1.165, 1.54) is 4.90 Å². The van der Waals surface area contributed by atoms with Crippen molar-refractivity contribution >= 4 is 12.0 Å². The van der Waals surface area contributed by atoms with Crippen molar-refractivity contribution in [2.75, 3.05) is 0 Å². The average molecular weight is 478 g/mol. The van der Waals surface area contributed by atoms with E-state index in [9.17, 15) is 9.59 Å². The first-order valence-corrected chi connectivity index (χ1v) is 12.1. The van der Waals surface area contributed by atoms with Gasteiger partial charge in [0, 0.05) is 6.42 Å². The van der Waals surface area contributed by atoms with E-state index >= 15 is 0 Å². The van der Waals surface area contributed by atoms with Gasteiger partial charge in [0.15, 0.2) is 6.10 Å². The van der Waals surface area contributed by atoms with E-state index in [1.807, 2.05) is 115 Å². The highest BCUT2D eigenvalue weighted by Gasteiger charge is 2.46. The molecular weight excluding hydrogens is 450 g/mol. The van der Waals surface area contributed by atoms with E-state index in [1.54, 1.807) is 0 Å². The number of cyclic esters (lactones) is 1. The van der Waals surface area contributed by atoms with E-state index in [4.69, 9.17) is 9.47 Å². The molecule has 0 aliphatic carbocycles. The first-order valence-electron chi connectivity index (χ1n) is 12.1. The molecule has 0 spiro atoms. The molecule has 5 nitrogen and oxygen atoms in total. The highest BCUT2D eigenvalue weighted by molar-refractivity contribution is 5.94. The predicted molar refractivity (Wildman–Crippen MR) is 137 cm³/mol. The number of nitrogens with zero attached hydrogens (tertiary/aromatic N) is 1. The zero-order valence-corrected chi connectivity index (χ0v) is 19.8. The van der Waals surface area contributed by atoms with Crippen LogP contribution in [0.1, 0.15) is 40.8 Å². The van der Waals surface area contributed by atoms with Crippen molar-refractivity contribution in [1.29, 1.82) is 0 Å². The molecule has 2 atom stereocenters. The predicted octanol–water partition coefficient (Wildman–Crippen LogP) is 6.66. The molecule has 0 radical (unpaired) electrons. The molecule has 0 N–H and O–H groups in total. The second kappa shape index (κ2) is 10.9. The number of amides is 2. The van der Waals surface area contributed by atoms with Crippen LogP contribution in [0.5, 0.6) is 5.75 Å². The van der Waals surface area contributed by atoms with E-state index in [2.05, 4.69) is 0 Å². The third kappa shape index (κ3) is 5.31. The van der Waals surface area contributed by atoms with E-state index in [0.29, 0.717) is 13.0 Å². The normalized spacial score (nSPS) is 17.0. The molecule has 1 saturated heterocycles. The molecule has 36 heavy (non-hydrogen) atoms. The number of imide groups is 1. The average Bonchev–Trinajstić information content (AvgIpc) is 3.29. The smallest absolute Gasteiger partial charge is 0.417 e. The molecule has 0 unspecified atom stereocenters. The minimum atomic E-state index is -0.609. The fourth-order valence-electron chi connectivity index (χ4n) is 4.51. The summed E-state index contributed by atoms with van der Waals surface area (Å²) in [4.78, 5) is 27.6. The van der Waals surface area contributed by atoms with Gasteiger partial charge in [0.25, 0.3) is 0 Å². The van der Waals surface area contributed by atoms with Crippen LogP contribution in [-0.2, 0) is 22.6 Å². The van der Waals surface area contributed by atoms with Crippen molar-refractivity contribution in [1.82, 2.24) is 4.90 Å². The minimum absolute atomic E-state index is 0.183. The van der Waals surface area contributed by atoms with Crippen molar-refractivity contribution in [3.05, 3.63) is 138 Å². The van der Waals surface area contributed by atoms with Crippen LogP contribution in [-0.4, -0.2) is 16.9 Å². The summed E-state index contributed by atoms with van der Waals surface area (Å²) in [5, 5.41) is 0. The summed E-state index contributed by atoms with van der Waals surface area (Å²) in [6.45, 7) is 0.475. The van der Waals surface area contributed by atoms with Gasteiger partial charge in [-0.15, -0.1) is 0 Å². The van der Waals surface area contributed by atoms with Gasteiger partial charge in [0.1, 0.15) is 18.4 Å². The summed E-state index contributed by atoms with van der Waals surface area (Å²) in [7, 11) is 0. The molecule has 2 amide bonds. The highest BCUT2D eigenvalue weighted by Crippen LogP contribution is 2.43. The van der Waals surface area contributed by atoms with Crippen LogP contribution >= 0.6 is 0 Å². The number of ether oxygens (including phenoxy) is 2. The topological polar surface area (TPSA) is 55.8 Å². The monoisotopic (exact) mass is 477 g/mol. The summed E-state index contributed by atoms with van der Waals surface area (Å²) in [5.41, 5.74) is 3.78. The minimum Gasteiger partial charge on any atom is -0.489 e. The second-order valence-electron chi connectivity index (χ2n) is 8.76. The largest absolute Gasteiger partial charge is 0.489 e. The van der Waals surface area contributed by atoms with Crippen LogP contribution in [0, 0.1) is 0 Å². The summed E-state index contributed by atoms with van der Waals surface area (Å²) in [5.74, 6) is 0.485. The number of benzene rings is 4. The van der Waals surface area contributed by atoms with Crippen molar-refractivity contribution < 1.29 is 19.1 Å². The van der Waals surface area contributed by atoms with Crippen LogP contribution in [0.3, 0.4) is 0 Å². The summed E-state index contributed by atoms with van der Waals surface area (Å²) in [6.07, 6.45) is -0.493. The number of hydrogen-bond donors (Lipinski definition) is 0. The molecule has 1 heterocycles. The number of hydrogen-bond acceptors (Lipinski definition) is 4. The van der Waals surface area contributed by atoms with Gasteiger partial charge in [-0.2, -0.15) is 0 Å². The molecule has 0 aromatic heterocycles. The Kier molecular flexibility index (Phi) is 7.08. The zero-order chi connectivity index (χ0) is 24.7. The van der Waals surface area contributed by atoms with Crippen molar-refractivity contribution in [3.63, 3.8) is 0 Å². The number of rotatable bonds is 8. The maximum Gasteiger partial charge on any atom is 0.417 e. The van der Waals surface area contributed by atoms with Crippen LogP contribution < -0.4 is 4.74 Å². The maximum atomic E-state index is 13.4. The van der Waals surface area contributed by atoms with Crippen LogP contribution in [0.2, 0.25) is 0 Å². The van der Waals surface area contributed by atoms with Gasteiger partial charge in [-0.05, 0) is 40.8 Å². The first-order chi connectivity index (χ1) is 17.7. The van der Waals surface area contributed by atoms with Crippen LogP contribution in [0.15, 0.2) is 115 Å². The molecule has 5 heteroatoms. The molecule has 1 fully saturated rings. The third-order valence-corrected chi connectivity index (χ3v) is 6.30. The van der Waals surface area contributed by atoms with Gasteiger partial charge < -0.3 is 9.47 Å². The van der Waals surface area contributed by atoms with Gasteiger partial charge >= 0.3 is 6.09 Å². The molecule has 4 aromatic carbocycles. The van der Waals surface area contributed by atoms with E-state index in [0.717, 1.165) is 28.0 Å². The molecular formula is C31H27NO4. The Morgan fingerprint density at radius 1 is 0.750 bits per heavy atom. The number of carbonyl (C=O) groups excluding carboxylic acids is 2. The lowest BCUT2D eigenvalue weighted by molar-refractivity contribution is -0.129. The fraction of sp³-hybridized carbons (Fsp3) is 0.161. The fourth-order valence-corrected chi connectivity index (χ4v) is 4.51. The lowest BCUT2D eigenvalue weighted by atomic mass is 9.95. The van der Waals surface area contributed by atoms with Gasteiger partial charge in [-0.25, -0.2) is 9.69 Å². The maximum absolute atomic E-state index is 13.4. The van der Waals surface area contributed by atoms with E-state index in [-0.39, 0.29) is 12.3 Å². The first kappa shape index (κ1) is 23.4. The van der Waals surface area contributed by atoms with Gasteiger partial charge in [0.2, 0.25) is 5.91 Å². The quantitative estimate of drug-likeness (QED) is 0.285. The second-order valence-corrected chi connectivity index (χ2v) is 8.76. The molecule has 1 aliphatic heterocycles. The van der Waals surface area contributed by atoms with E-state index < -0.39 is 18.2 Å². The molecule has 4 aromatic rings. The zero-order valence-electron chi connectivity index (χ0n) is 19.8. The Bertz CT molecular complexity index is 1310. The Morgan fingerprint density at radius 3 is 2.06 bits per heavy atom. The van der Waals surface area contributed by atoms with Gasteiger partial charge in [0.05, 0.1) is 0 Å². The molecule has 0 saturated carbocycles. The molecule has 180 valence electrons. The summed E-state index contributed by atoms with van der Waals surface area (Å²) >= 11 is 0. The lowest BCUT2D eigenvalue weighted by Gasteiger charge is -2.24. The van der Waals surface area contributed by atoms with Crippen LogP contribution in [0.25, 0.3) is 0 Å². The van der Waals surface area contributed by atoms with Gasteiger partial charge in [-0.3, -0.25) is 4.79 Å². The Labute approximate surface area is 210 Å². The number of aryl methyl sites for hydroxylation is 1. The Hall–Kier alpha value is -4.38. The van der Waals surface area contributed by atoms with Crippen molar-refractivity contribution in [2.45, 2.75) is 31.6 Å². The summed E-state index contributed by atoms with van der Waals surface area (Å²) < 4.78 is 11.7. The van der Waals surface area contributed by atoms with Crippen molar-refractivity contribution in [3.8, 4) is 5.75 Å². The highest BCUT2D eigenvalue weighted by atomic mass is 16.6. The molecule has 5 rings (SSSR count). The Morgan fingerprint density at radius 2 is 1.36 bits per heavy atom. The standard InChI is InChI=1S/C31H27NO4/c33-28(20-19-23-13-10-18-27(21-23)35-22-24-11-4-1-5-12-24)32-29(25-14-6-2-7-15-25)30(36-31(32)34)26-16-8-3-9-17-26/h1-18,21,29-30H,19-20,22H2/t29-,30+/m1/s1. The molecule has 1 aliphatic rings. The summed E-state index contributed by atoms with van der Waals surface area (Å²) in [6, 6.07) is 36.3. The van der Waals surface area contributed by atoms with Crippen molar-refractivity contribution in [2.24, 2.45) is 0 Å². The Balaban J connectivity index is 1.30. The third-order valence-electron chi connectivity index (χ3n) is 6.30. The molecule has 0 bridgehead atoms. The SMILES string of the molecule is O=C(CCc1cccc(OCc2ccccc2)c1)N1C(=O)O[C@@H](c2ccccc2)[C@H]1c1ccccc1. The van der Waals surface area contributed by atoms with Gasteiger partial charge in [-0.1, -0.05) is 103 Å².